The van der Waals surface area contributed by atoms with E-state index < -0.39 is 6.04 Å². The second-order valence-electron chi connectivity index (χ2n) is 7.28. The van der Waals surface area contributed by atoms with Gasteiger partial charge in [-0.25, -0.2) is 0 Å². The van der Waals surface area contributed by atoms with E-state index in [0.29, 0.717) is 23.1 Å². The first kappa shape index (κ1) is 19.1. The minimum Gasteiger partial charge on any atom is -0.450 e. The molecule has 0 fully saturated rings. The molecule has 4 rings (SSSR count). The van der Waals surface area contributed by atoms with Gasteiger partial charge in [0.1, 0.15) is 5.58 Å². The van der Waals surface area contributed by atoms with Crippen molar-refractivity contribution in [3.8, 4) is 0 Å². The Morgan fingerprint density at radius 2 is 1.79 bits per heavy atom. The fourth-order valence-electron chi connectivity index (χ4n) is 3.75. The molecule has 2 aromatic carbocycles. The maximum atomic E-state index is 13.3. The van der Waals surface area contributed by atoms with Crippen LogP contribution in [0, 0.1) is 3.57 Å². The number of benzene rings is 2. The highest BCUT2D eigenvalue weighted by atomic mass is 127. The molecule has 28 heavy (non-hydrogen) atoms. The van der Waals surface area contributed by atoms with E-state index in [4.69, 9.17) is 4.42 Å². The van der Waals surface area contributed by atoms with Crippen LogP contribution in [0.4, 0.5) is 0 Å². The predicted octanol–water partition coefficient (Wildman–Crippen LogP) is 3.89. The molecule has 1 unspecified atom stereocenters. The van der Waals surface area contributed by atoms with Crippen LogP contribution in [0.25, 0.3) is 11.0 Å². The Morgan fingerprint density at radius 3 is 2.50 bits per heavy atom. The molecule has 0 aliphatic carbocycles. The highest BCUT2D eigenvalue weighted by Crippen LogP contribution is 2.38. The van der Waals surface area contributed by atoms with Gasteiger partial charge < -0.3 is 14.2 Å². The van der Waals surface area contributed by atoms with E-state index in [9.17, 15) is 9.59 Å². The molecular formula is C22H21IN2O3. The molecule has 144 valence electrons. The quantitative estimate of drug-likeness (QED) is 0.512. The molecular weight excluding hydrogens is 467 g/mol. The fourth-order valence-corrected chi connectivity index (χ4v) is 4.11. The Kier molecular flexibility index (Phi) is 5.25. The van der Waals surface area contributed by atoms with Crippen molar-refractivity contribution in [1.82, 2.24) is 9.80 Å². The van der Waals surface area contributed by atoms with Crippen LogP contribution in [0.1, 0.15) is 34.1 Å². The predicted molar refractivity (Wildman–Crippen MR) is 118 cm³/mol. The van der Waals surface area contributed by atoms with Crippen LogP contribution < -0.4 is 5.43 Å². The number of carbonyl (C=O) groups is 1. The average Bonchev–Trinajstić information content (AvgIpc) is 2.95. The summed E-state index contributed by atoms with van der Waals surface area (Å²) >= 11 is 2.25. The van der Waals surface area contributed by atoms with Gasteiger partial charge in [-0.3, -0.25) is 9.59 Å². The maximum absolute atomic E-state index is 13.3. The molecule has 1 atom stereocenters. The lowest BCUT2D eigenvalue weighted by molar-refractivity contribution is 0.0722. The van der Waals surface area contributed by atoms with E-state index in [1.807, 2.05) is 50.5 Å². The number of halogens is 1. The zero-order valence-electron chi connectivity index (χ0n) is 15.8. The number of amides is 1. The van der Waals surface area contributed by atoms with Crippen LogP contribution in [0.5, 0.6) is 0 Å². The Morgan fingerprint density at radius 1 is 1.07 bits per heavy atom. The van der Waals surface area contributed by atoms with Gasteiger partial charge in [0, 0.05) is 10.1 Å². The molecule has 2 heterocycles. The van der Waals surface area contributed by atoms with Gasteiger partial charge in [-0.2, -0.15) is 0 Å². The molecule has 5 nitrogen and oxygen atoms in total. The van der Waals surface area contributed by atoms with Crippen molar-refractivity contribution in [2.45, 2.75) is 12.5 Å². The minimum absolute atomic E-state index is 0.121. The summed E-state index contributed by atoms with van der Waals surface area (Å²) in [5.74, 6) is -0.0303. The van der Waals surface area contributed by atoms with E-state index in [0.717, 1.165) is 22.1 Å². The molecule has 0 saturated carbocycles. The van der Waals surface area contributed by atoms with Crippen molar-refractivity contribution >= 4 is 39.5 Å². The first-order chi connectivity index (χ1) is 13.5. The first-order valence-corrected chi connectivity index (χ1v) is 10.3. The number of hydrogen-bond acceptors (Lipinski definition) is 4. The third-order valence-electron chi connectivity index (χ3n) is 5.06. The summed E-state index contributed by atoms with van der Waals surface area (Å²) in [5, 5.41) is 0.514. The van der Waals surface area contributed by atoms with Crippen molar-refractivity contribution in [3.05, 3.63) is 79.2 Å². The highest BCUT2D eigenvalue weighted by Gasteiger charge is 2.42. The van der Waals surface area contributed by atoms with E-state index in [1.54, 1.807) is 17.0 Å². The number of para-hydroxylation sites is 1. The summed E-state index contributed by atoms with van der Waals surface area (Å²) in [6, 6.07) is 14.7. The Labute approximate surface area is 177 Å². The van der Waals surface area contributed by atoms with E-state index in [-0.39, 0.29) is 17.1 Å². The molecule has 1 aliphatic rings. The van der Waals surface area contributed by atoms with E-state index in [2.05, 4.69) is 27.5 Å². The molecule has 0 radical (unpaired) electrons. The van der Waals surface area contributed by atoms with Gasteiger partial charge in [0.15, 0.2) is 5.43 Å². The zero-order valence-corrected chi connectivity index (χ0v) is 18.0. The Balaban J connectivity index is 1.86. The monoisotopic (exact) mass is 488 g/mol. The van der Waals surface area contributed by atoms with Crippen LogP contribution in [0.3, 0.4) is 0 Å². The largest absolute Gasteiger partial charge is 0.450 e. The summed E-state index contributed by atoms with van der Waals surface area (Å²) in [5.41, 5.74) is 1.72. The van der Waals surface area contributed by atoms with Gasteiger partial charge in [0.25, 0.3) is 5.91 Å². The van der Waals surface area contributed by atoms with Crippen molar-refractivity contribution < 1.29 is 9.21 Å². The zero-order chi connectivity index (χ0) is 19.8. The molecule has 1 aromatic heterocycles. The lowest BCUT2D eigenvalue weighted by atomic mass is 9.98. The molecule has 3 aromatic rings. The Bertz CT molecular complexity index is 1090. The Hall–Kier alpha value is -2.19. The summed E-state index contributed by atoms with van der Waals surface area (Å²) in [7, 11) is 4.02. The number of fused-ring (bicyclic) bond motifs is 2. The van der Waals surface area contributed by atoms with Crippen LogP contribution in [-0.4, -0.2) is 42.9 Å². The van der Waals surface area contributed by atoms with E-state index in [1.165, 1.54) is 0 Å². The lowest BCUT2D eigenvalue weighted by Gasteiger charge is -2.25. The molecule has 1 aliphatic heterocycles. The maximum Gasteiger partial charge on any atom is 0.290 e. The number of nitrogens with zero attached hydrogens (tertiary/aromatic N) is 2. The van der Waals surface area contributed by atoms with Crippen molar-refractivity contribution in [3.63, 3.8) is 0 Å². The average molecular weight is 488 g/mol. The van der Waals surface area contributed by atoms with Crippen LogP contribution >= 0.6 is 22.6 Å². The third-order valence-corrected chi connectivity index (χ3v) is 5.78. The van der Waals surface area contributed by atoms with Crippen LogP contribution in [-0.2, 0) is 0 Å². The molecule has 0 spiro atoms. The van der Waals surface area contributed by atoms with Crippen molar-refractivity contribution in [2.75, 3.05) is 27.2 Å². The smallest absolute Gasteiger partial charge is 0.290 e. The van der Waals surface area contributed by atoms with Gasteiger partial charge >= 0.3 is 0 Å². The minimum atomic E-state index is -0.414. The van der Waals surface area contributed by atoms with Crippen LogP contribution in [0.2, 0.25) is 0 Å². The van der Waals surface area contributed by atoms with Gasteiger partial charge in [-0.15, -0.1) is 0 Å². The van der Waals surface area contributed by atoms with E-state index >= 15 is 0 Å². The van der Waals surface area contributed by atoms with Gasteiger partial charge in [-0.1, -0.05) is 24.3 Å². The van der Waals surface area contributed by atoms with Crippen molar-refractivity contribution in [1.29, 1.82) is 0 Å². The van der Waals surface area contributed by atoms with Gasteiger partial charge in [0.2, 0.25) is 5.76 Å². The molecule has 0 saturated heterocycles. The fraction of sp³-hybridized carbons (Fsp3) is 0.273. The number of hydrogen-bond donors (Lipinski definition) is 0. The first-order valence-electron chi connectivity index (χ1n) is 9.24. The number of carbonyl (C=O) groups excluding carboxylic acids is 1. The summed E-state index contributed by atoms with van der Waals surface area (Å²) in [6.07, 6.45) is 0.821. The topological polar surface area (TPSA) is 53.8 Å². The molecule has 1 amide bonds. The second kappa shape index (κ2) is 7.67. The standard InChI is InChI=1S/C22H21IN2O3/c1-24(2)12-5-13-25-19(14-8-10-15(23)11-9-14)18-20(26)16-6-3-4-7-17(16)28-21(18)22(25)27/h3-4,6-11,19H,5,12-13H2,1-2H3. The molecule has 6 heteroatoms. The molecule has 0 N–H and O–H groups in total. The normalized spacial score (nSPS) is 16.2. The summed E-state index contributed by atoms with van der Waals surface area (Å²) in [4.78, 5) is 30.4. The second-order valence-corrected chi connectivity index (χ2v) is 8.53. The summed E-state index contributed by atoms with van der Waals surface area (Å²) < 4.78 is 7.03. The van der Waals surface area contributed by atoms with Crippen molar-refractivity contribution in [2.24, 2.45) is 0 Å². The SMILES string of the molecule is CN(C)CCCN1C(=O)c2oc3ccccc3c(=O)c2C1c1ccc(I)cc1. The van der Waals surface area contributed by atoms with Crippen LogP contribution in [0.15, 0.2) is 57.7 Å². The third kappa shape index (κ3) is 3.35. The lowest BCUT2D eigenvalue weighted by Crippen LogP contribution is -2.32. The van der Waals surface area contributed by atoms with Gasteiger partial charge in [0.05, 0.1) is 17.0 Å². The van der Waals surface area contributed by atoms with Gasteiger partial charge in [-0.05, 0) is 79.5 Å². The summed E-state index contributed by atoms with van der Waals surface area (Å²) in [6.45, 7) is 1.43. The molecule has 0 bridgehead atoms. The highest BCUT2D eigenvalue weighted by molar-refractivity contribution is 14.1. The number of rotatable bonds is 5.